The van der Waals surface area contributed by atoms with E-state index in [0.717, 1.165) is 10.0 Å². The van der Waals surface area contributed by atoms with Gasteiger partial charge in [0.1, 0.15) is 5.75 Å². The number of aromatic hydroxyl groups is 1. The lowest BCUT2D eigenvalue weighted by Gasteiger charge is -2.24. The molecule has 72 valence electrons. The van der Waals surface area contributed by atoms with Crippen LogP contribution in [0.2, 0.25) is 0 Å². The first kappa shape index (κ1) is 10.5. The van der Waals surface area contributed by atoms with Crippen LogP contribution in [0.5, 0.6) is 5.75 Å². The summed E-state index contributed by atoms with van der Waals surface area (Å²) in [4.78, 5) is 0. The van der Waals surface area contributed by atoms with Gasteiger partial charge in [0.25, 0.3) is 0 Å². The number of nitrogens with two attached hydrogens (primary N) is 1. The largest absolute Gasteiger partial charge is 0.507 e. The van der Waals surface area contributed by atoms with Crippen LogP contribution in [0.25, 0.3) is 0 Å². The van der Waals surface area contributed by atoms with E-state index in [9.17, 15) is 5.11 Å². The maximum absolute atomic E-state index is 9.47. The molecule has 3 heteroatoms. The molecule has 0 saturated heterocycles. The predicted octanol–water partition coefficient (Wildman–Crippen LogP) is 2.39. The zero-order valence-electron chi connectivity index (χ0n) is 7.84. The van der Waals surface area contributed by atoms with Crippen LogP contribution in [0, 0.1) is 0 Å². The second-order valence-corrected chi connectivity index (χ2v) is 4.52. The van der Waals surface area contributed by atoms with Crippen LogP contribution in [0.3, 0.4) is 0 Å². The highest BCUT2D eigenvalue weighted by atomic mass is 79.9. The van der Waals surface area contributed by atoms with Crippen molar-refractivity contribution in [1.29, 1.82) is 0 Å². The molecule has 13 heavy (non-hydrogen) atoms. The van der Waals surface area contributed by atoms with Crippen molar-refractivity contribution in [3.63, 3.8) is 0 Å². The molecule has 0 heterocycles. The smallest absolute Gasteiger partial charge is 0.130 e. The molecule has 1 aromatic carbocycles. The van der Waals surface area contributed by atoms with E-state index in [1.807, 2.05) is 26.0 Å². The lowest BCUT2D eigenvalue weighted by Crippen LogP contribution is -2.28. The van der Waals surface area contributed by atoms with Crippen LogP contribution < -0.4 is 5.73 Å². The molecule has 0 amide bonds. The van der Waals surface area contributed by atoms with E-state index in [1.54, 1.807) is 6.07 Å². The van der Waals surface area contributed by atoms with Gasteiger partial charge in [0.15, 0.2) is 0 Å². The quantitative estimate of drug-likeness (QED) is 0.839. The molecule has 0 bridgehead atoms. The van der Waals surface area contributed by atoms with Crippen LogP contribution in [0.1, 0.15) is 19.4 Å². The number of phenols is 1. The van der Waals surface area contributed by atoms with Gasteiger partial charge in [-0.2, -0.15) is 0 Å². The molecular weight excluding hydrogens is 230 g/mol. The summed E-state index contributed by atoms with van der Waals surface area (Å²) in [5.74, 6) is 0.263. The summed E-state index contributed by atoms with van der Waals surface area (Å²) in [5.41, 5.74) is 6.58. The van der Waals surface area contributed by atoms with Gasteiger partial charge < -0.3 is 10.8 Å². The fraction of sp³-hybridized carbons (Fsp3) is 0.400. The van der Waals surface area contributed by atoms with E-state index < -0.39 is 0 Å². The first-order valence-electron chi connectivity index (χ1n) is 4.17. The molecule has 2 nitrogen and oxygen atoms in total. The van der Waals surface area contributed by atoms with Gasteiger partial charge in [0.2, 0.25) is 0 Å². The zero-order valence-corrected chi connectivity index (χ0v) is 9.43. The van der Waals surface area contributed by atoms with Crippen LogP contribution in [0.15, 0.2) is 22.7 Å². The molecule has 0 aliphatic carbocycles. The third-order valence-corrected chi connectivity index (χ3v) is 3.05. The summed E-state index contributed by atoms with van der Waals surface area (Å²) < 4.78 is 0.741. The Morgan fingerprint density at radius 3 is 2.62 bits per heavy atom. The van der Waals surface area contributed by atoms with E-state index in [4.69, 9.17) is 5.73 Å². The van der Waals surface area contributed by atoms with Crippen molar-refractivity contribution in [3.8, 4) is 5.75 Å². The lowest BCUT2D eigenvalue weighted by atomic mass is 9.85. The Hall–Kier alpha value is -0.540. The number of hydrogen-bond acceptors (Lipinski definition) is 2. The van der Waals surface area contributed by atoms with Crippen molar-refractivity contribution in [2.24, 2.45) is 5.73 Å². The van der Waals surface area contributed by atoms with Gasteiger partial charge in [-0.15, -0.1) is 0 Å². The summed E-state index contributed by atoms with van der Waals surface area (Å²) in [6, 6.07) is 5.45. The van der Waals surface area contributed by atoms with Crippen LogP contribution in [-0.2, 0) is 5.41 Å². The lowest BCUT2D eigenvalue weighted by molar-refractivity contribution is 0.464. The fourth-order valence-electron chi connectivity index (χ4n) is 1.15. The zero-order chi connectivity index (χ0) is 10.1. The number of rotatable bonds is 2. The Morgan fingerprint density at radius 2 is 2.08 bits per heavy atom. The second-order valence-electron chi connectivity index (χ2n) is 3.73. The van der Waals surface area contributed by atoms with E-state index in [1.165, 1.54) is 0 Å². The topological polar surface area (TPSA) is 46.2 Å². The van der Waals surface area contributed by atoms with E-state index in [0.29, 0.717) is 6.54 Å². The van der Waals surface area contributed by atoms with Crippen molar-refractivity contribution >= 4 is 15.9 Å². The minimum absolute atomic E-state index is 0.114. The van der Waals surface area contributed by atoms with Gasteiger partial charge in [-0.3, -0.25) is 0 Å². The number of halogens is 1. The summed E-state index contributed by atoms with van der Waals surface area (Å²) >= 11 is 3.35. The predicted molar refractivity (Wildman–Crippen MR) is 57.9 cm³/mol. The van der Waals surface area contributed by atoms with Crippen LogP contribution in [0.4, 0.5) is 0 Å². The molecule has 3 N–H and O–H groups in total. The minimum atomic E-state index is -0.114. The molecule has 0 saturated carbocycles. The summed E-state index contributed by atoms with van der Waals surface area (Å²) in [5, 5.41) is 9.47. The molecule has 0 radical (unpaired) electrons. The van der Waals surface area contributed by atoms with Crippen molar-refractivity contribution in [2.75, 3.05) is 6.54 Å². The fourth-order valence-corrected chi connectivity index (χ4v) is 1.95. The Labute approximate surface area is 86.9 Å². The van der Waals surface area contributed by atoms with Crippen LogP contribution in [-0.4, -0.2) is 11.7 Å². The van der Waals surface area contributed by atoms with Crippen LogP contribution >= 0.6 is 15.9 Å². The first-order chi connectivity index (χ1) is 5.99. The Kier molecular flexibility index (Phi) is 2.98. The molecule has 0 spiro atoms. The van der Waals surface area contributed by atoms with Gasteiger partial charge >= 0.3 is 0 Å². The van der Waals surface area contributed by atoms with E-state index >= 15 is 0 Å². The molecule has 0 unspecified atom stereocenters. The maximum atomic E-state index is 9.47. The molecule has 0 aliphatic heterocycles. The summed E-state index contributed by atoms with van der Waals surface area (Å²) in [6.07, 6.45) is 0. The average molecular weight is 244 g/mol. The van der Waals surface area contributed by atoms with Crippen molar-refractivity contribution < 1.29 is 5.11 Å². The molecule has 0 atom stereocenters. The van der Waals surface area contributed by atoms with Crippen molar-refractivity contribution in [1.82, 2.24) is 0 Å². The third-order valence-electron chi connectivity index (χ3n) is 2.22. The maximum Gasteiger partial charge on any atom is 0.130 e. The minimum Gasteiger partial charge on any atom is -0.507 e. The average Bonchev–Trinajstić information content (AvgIpc) is 2.09. The van der Waals surface area contributed by atoms with Gasteiger partial charge in [0, 0.05) is 12.0 Å². The molecule has 0 aliphatic rings. The summed E-state index contributed by atoms with van der Waals surface area (Å²) in [6.45, 7) is 4.65. The third kappa shape index (κ3) is 2.03. The number of phenolic OH excluding ortho intramolecular Hbond substituents is 1. The second kappa shape index (κ2) is 3.68. The van der Waals surface area contributed by atoms with Gasteiger partial charge in [-0.05, 0) is 27.6 Å². The van der Waals surface area contributed by atoms with Gasteiger partial charge in [-0.25, -0.2) is 0 Å². The highest BCUT2D eigenvalue weighted by Crippen LogP contribution is 2.34. The standard InChI is InChI=1S/C10H14BrNO/c1-10(2,6-12)7-4-3-5-8(13)9(7)11/h3-5,13H,6,12H2,1-2H3. The molecule has 0 aromatic heterocycles. The Balaban J connectivity index is 3.22. The molecule has 0 fully saturated rings. The highest BCUT2D eigenvalue weighted by Gasteiger charge is 2.22. The first-order valence-corrected chi connectivity index (χ1v) is 4.96. The van der Waals surface area contributed by atoms with E-state index in [2.05, 4.69) is 15.9 Å². The van der Waals surface area contributed by atoms with Crippen molar-refractivity contribution in [2.45, 2.75) is 19.3 Å². The number of benzene rings is 1. The SMILES string of the molecule is CC(C)(CN)c1cccc(O)c1Br. The normalized spacial score (nSPS) is 11.7. The Bertz CT molecular complexity index is 310. The molecule has 1 aromatic rings. The van der Waals surface area contributed by atoms with Gasteiger partial charge in [-0.1, -0.05) is 26.0 Å². The van der Waals surface area contributed by atoms with E-state index in [-0.39, 0.29) is 11.2 Å². The highest BCUT2D eigenvalue weighted by molar-refractivity contribution is 9.10. The van der Waals surface area contributed by atoms with Gasteiger partial charge in [0.05, 0.1) is 4.47 Å². The Morgan fingerprint density at radius 1 is 1.46 bits per heavy atom. The van der Waals surface area contributed by atoms with Crippen molar-refractivity contribution in [3.05, 3.63) is 28.2 Å². The molecule has 1 rings (SSSR count). The number of hydrogen-bond donors (Lipinski definition) is 2. The monoisotopic (exact) mass is 243 g/mol. The molecular formula is C10H14BrNO. The summed E-state index contributed by atoms with van der Waals surface area (Å²) in [7, 11) is 0.